The molecule has 1 N–H and O–H groups in total. The smallest absolute Gasteiger partial charge is 0.275 e. The van der Waals surface area contributed by atoms with Gasteiger partial charge in [-0.25, -0.2) is 0 Å². The van der Waals surface area contributed by atoms with Gasteiger partial charge < -0.3 is 10.1 Å². The van der Waals surface area contributed by atoms with Gasteiger partial charge in [0.15, 0.2) is 0 Å². The number of nitro groups is 1. The van der Waals surface area contributed by atoms with E-state index in [0.29, 0.717) is 12.4 Å². The van der Waals surface area contributed by atoms with Gasteiger partial charge in [-0.15, -0.1) is 0 Å². The minimum Gasteiger partial charge on any atom is -0.493 e. The highest BCUT2D eigenvalue weighted by atomic mass is 16.6. The van der Waals surface area contributed by atoms with E-state index in [2.05, 4.69) is 26.1 Å². The molecule has 0 aliphatic heterocycles. The first-order valence-electron chi connectivity index (χ1n) is 6.98. The predicted octanol–water partition coefficient (Wildman–Crippen LogP) is 4.23. The Balaban J connectivity index is 2.77. The third kappa shape index (κ3) is 5.91. The molecular weight excluding hydrogens is 256 g/mol. The molecule has 0 aromatic heterocycles. The molecule has 0 amide bonds. The Bertz CT molecular complexity index is 453. The van der Waals surface area contributed by atoms with Crippen LogP contribution in [0.1, 0.15) is 40.5 Å². The Morgan fingerprint density at radius 2 is 2.00 bits per heavy atom. The Kier molecular flexibility index (Phi) is 5.80. The molecule has 1 aromatic rings. The van der Waals surface area contributed by atoms with Crippen LogP contribution in [0.2, 0.25) is 0 Å². The van der Waals surface area contributed by atoms with E-state index in [9.17, 15) is 10.1 Å². The third-order valence-electron chi connectivity index (χ3n) is 2.78. The average molecular weight is 280 g/mol. The van der Waals surface area contributed by atoms with Crippen molar-refractivity contribution in [3.05, 3.63) is 28.3 Å². The standard InChI is InChI=1S/C15H24N2O3/c1-5-8-20-14-10-12(9-13(11-14)17(18)19)16-7-6-15(2,3)4/h9-11,16H,5-8H2,1-4H3. The second-order valence-corrected chi connectivity index (χ2v) is 6.06. The molecule has 0 saturated carbocycles. The van der Waals surface area contributed by atoms with Gasteiger partial charge in [0.05, 0.1) is 17.6 Å². The van der Waals surface area contributed by atoms with Crippen molar-refractivity contribution in [2.24, 2.45) is 5.41 Å². The molecule has 1 aromatic carbocycles. The van der Waals surface area contributed by atoms with Gasteiger partial charge in [0, 0.05) is 24.4 Å². The summed E-state index contributed by atoms with van der Waals surface area (Å²) in [5, 5.41) is 14.2. The number of benzene rings is 1. The second kappa shape index (κ2) is 7.12. The molecule has 0 spiro atoms. The van der Waals surface area contributed by atoms with Crippen LogP contribution < -0.4 is 10.1 Å². The first-order chi connectivity index (χ1) is 9.31. The van der Waals surface area contributed by atoms with Gasteiger partial charge in [0.25, 0.3) is 5.69 Å². The molecule has 1 rings (SSSR count). The molecule has 0 aliphatic rings. The summed E-state index contributed by atoms with van der Waals surface area (Å²) in [6.45, 7) is 9.83. The van der Waals surface area contributed by atoms with E-state index in [1.165, 1.54) is 6.07 Å². The molecule has 0 aliphatic carbocycles. The number of nitrogens with one attached hydrogen (secondary N) is 1. The van der Waals surface area contributed by atoms with Crippen LogP contribution in [-0.4, -0.2) is 18.1 Å². The third-order valence-corrected chi connectivity index (χ3v) is 2.78. The van der Waals surface area contributed by atoms with Crippen LogP contribution in [-0.2, 0) is 0 Å². The molecule has 5 nitrogen and oxygen atoms in total. The quantitative estimate of drug-likeness (QED) is 0.599. The van der Waals surface area contributed by atoms with E-state index >= 15 is 0 Å². The summed E-state index contributed by atoms with van der Waals surface area (Å²) in [5.41, 5.74) is 1.02. The zero-order chi connectivity index (χ0) is 15.2. The number of nitrogens with zero attached hydrogens (tertiary/aromatic N) is 1. The van der Waals surface area contributed by atoms with Gasteiger partial charge in [-0.1, -0.05) is 27.7 Å². The molecule has 20 heavy (non-hydrogen) atoms. The minimum absolute atomic E-state index is 0.0526. The van der Waals surface area contributed by atoms with Gasteiger partial charge in [-0.05, 0) is 18.3 Å². The number of anilines is 1. The summed E-state index contributed by atoms with van der Waals surface area (Å²) in [7, 11) is 0. The van der Waals surface area contributed by atoms with Crippen molar-refractivity contribution in [3.63, 3.8) is 0 Å². The molecule has 0 unspecified atom stereocenters. The van der Waals surface area contributed by atoms with Crippen molar-refractivity contribution < 1.29 is 9.66 Å². The molecule has 112 valence electrons. The van der Waals surface area contributed by atoms with E-state index in [1.54, 1.807) is 6.07 Å². The first-order valence-corrected chi connectivity index (χ1v) is 6.98. The summed E-state index contributed by atoms with van der Waals surface area (Å²) in [6.07, 6.45) is 1.86. The van der Waals surface area contributed by atoms with Crippen LogP contribution in [0.5, 0.6) is 5.75 Å². The lowest BCUT2D eigenvalue weighted by Gasteiger charge is -2.18. The van der Waals surface area contributed by atoms with Crippen LogP contribution >= 0.6 is 0 Å². The van der Waals surface area contributed by atoms with Gasteiger partial charge in [-0.3, -0.25) is 10.1 Å². The van der Waals surface area contributed by atoms with Crippen molar-refractivity contribution in [2.75, 3.05) is 18.5 Å². The molecular formula is C15H24N2O3. The van der Waals surface area contributed by atoms with Gasteiger partial charge in [-0.2, -0.15) is 0 Å². The van der Waals surface area contributed by atoms with Crippen molar-refractivity contribution in [3.8, 4) is 5.75 Å². The first kappa shape index (κ1) is 16.3. The Morgan fingerprint density at radius 1 is 1.30 bits per heavy atom. The zero-order valence-electron chi connectivity index (χ0n) is 12.7. The van der Waals surface area contributed by atoms with Gasteiger partial charge in [0.2, 0.25) is 0 Å². The second-order valence-electron chi connectivity index (χ2n) is 6.06. The Morgan fingerprint density at radius 3 is 2.55 bits per heavy atom. The molecule has 0 radical (unpaired) electrons. The normalized spacial score (nSPS) is 11.2. The topological polar surface area (TPSA) is 64.4 Å². The summed E-state index contributed by atoms with van der Waals surface area (Å²) in [4.78, 5) is 10.5. The largest absolute Gasteiger partial charge is 0.493 e. The SMILES string of the molecule is CCCOc1cc(NCCC(C)(C)C)cc([N+](=O)[O-])c1. The highest BCUT2D eigenvalue weighted by Crippen LogP contribution is 2.27. The minimum atomic E-state index is -0.395. The van der Waals surface area contributed by atoms with Crippen LogP contribution in [0.25, 0.3) is 0 Å². The maximum Gasteiger partial charge on any atom is 0.275 e. The molecule has 0 bridgehead atoms. The molecule has 0 heterocycles. The molecule has 0 fully saturated rings. The van der Waals surface area contributed by atoms with E-state index < -0.39 is 4.92 Å². The van der Waals surface area contributed by atoms with Crippen molar-refractivity contribution >= 4 is 11.4 Å². The lowest BCUT2D eigenvalue weighted by molar-refractivity contribution is -0.384. The van der Waals surface area contributed by atoms with E-state index in [1.807, 2.05) is 13.0 Å². The fourth-order valence-corrected chi connectivity index (χ4v) is 1.68. The molecule has 5 heteroatoms. The fourth-order valence-electron chi connectivity index (χ4n) is 1.68. The Hall–Kier alpha value is -1.78. The fraction of sp³-hybridized carbons (Fsp3) is 0.600. The lowest BCUT2D eigenvalue weighted by Crippen LogP contribution is -2.13. The van der Waals surface area contributed by atoms with E-state index in [-0.39, 0.29) is 11.1 Å². The molecule has 0 atom stereocenters. The average Bonchev–Trinajstić information content (AvgIpc) is 2.34. The number of ether oxygens (including phenoxy) is 1. The van der Waals surface area contributed by atoms with Crippen LogP contribution in [0.4, 0.5) is 11.4 Å². The highest BCUT2D eigenvalue weighted by molar-refractivity contribution is 5.56. The predicted molar refractivity (Wildman–Crippen MR) is 81.4 cm³/mol. The summed E-state index contributed by atoms with van der Waals surface area (Å²) >= 11 is 0. The Labute approximate surface area is 120 Å². The van der Waals surface area contributed by atoms with Crippen LogP contribution in [0.15, 0.2) is 18.2 Å². The number of non-ortho nitro benzene ring substituents is 1. The van der Waals surface area contributed by atoms with Crippen molar-refractivity contribution in [1.82, 2.24) is 0 Å². The van der Waals surface area contributed by atoms with Crippen LogP contribution in [0.3, 0.4) is 0 Å². The number of rotatable bonds is 7. The monoisotopic (exact) mass is 280 g/mol. The van der Waals surface area contributed by atoms with Crippen molar-refractivity contribution in [2.45, 2.75) is 40.5 Å². The summed E-state index contributed by atoms with van der Waals surface area (Å²) in [5.74, 6) is 0.541. The van der Waals surface area contributed by atoms with Gasteiger partial charge >= 0.3 is 0 Å². The number of hydrogen-bond donors (Lipinski definition) is 1. The highest BCUT2D eigenvalue weighted by Gasteiger charge is 2.12. The van der Waals surface area contributed by atoms with Crippen molar-refractivity contribution in [1.29, 1.82) is 0 Å². The van der Waals surface area contributed by atoms with Gasteiger partial charge in [0.1, 0.15) is 5.75 Å². The van der Waals surface area contributed by atoms with E-state index in [0.717, 1.165) is 25.1 Å². The number of nitro benzene ring substituents is 1. The maximum absolute atomic E-state index is 10.9. The zero-order valence-corrected chi connectivity index (χ0v) is 12.7. The maximum atomic E-state index is 10.9. The molecule has 0 saturated heterocycles. The van der Waals surface area contributed by atoms with Crippen LogP contribution in [0, 0.1) is 15.5 Å². The summed E-state index contributed by atoms with van der Waals surface area (Å²) < 4.78 is 5.49. The summed E-state index contributed by atoms with van der Waals surface area (Å²) in [6, 6.07) is 4.82. The number of hydrogen-bond acceptors (Lipinski definition) is 4. The van der Waals surface area contributed by atoms with E-state index in [4.69, 9.17) is 4.74 Å². The lowest BCUT2D eigenvalue weighted by atomic mass is 9.92.